The fourth-order valence-corrected chi connectivity index (χ4v) is 3.34. The molecule has 0 amide bonds. The van der Waals surface area contributed by atoms with Crippen LogP contribution in [-0.2, 0) is 22.3 Å². The second-order valence-electron chi connectivity index (χ2n) is 5.42. The maximum absolute atomic E-state index is 11.4. The Morgan fingerprint density at radius 3 is 2.62 bits per heavy atom. The van der Waals surface area contributed by atoms with Crippen LogP contribution in [0, 0.1) is 0 Å². The summed E-state index contributed by atoms with van der Waals surface area (Å²) in [6.45, 7) is 3.13. The second kappa shape index (κ2) is 7.67. The van der Waals surface area contributed by atoms with Gasteiger partial charge in [-0.3, -0.25) is 4.57 Å². The Hall–Kier alpha value is -2.06. The molecule has 0 atom stereocenters. The first-order valence-electron chi connectivity index (χ1n) is 7.71. The van der Waals surface area contributed by atoms with Crippen LogP contribution in [-0.4, -0.2) is 54.1 Å². The molecule has 0 bridgehead atoms. The van der Waals surface area contributed by atoms with Gasteiger partial charge in [-0.15, -0.1) is 10.2 Å². The molecule has 24 heavy (non-hydrogen) atoms. The van der Waals surface area contributed by atoms with Gasteiger partial charge in [0.1, 0.15) is 0 Å². The molecule has 0 saturated carbocycles. The number of methoxy groups -OCH3 is 1. The molecule has 2 aromatic rings. The van der Waals surface area contributed by atoms with E-state index >= 15 is 0 Å². The highest BCUT2D eigenvalue weighted by Gasteiger charge is 2.18. The summed E-state index contributed by atoms with van der Waals surface area (Å²) in [7, 11) is 3.36. The Kier molecular flexibility index (Phi) is 5.37. The number of benzene rings is 1. The van der Waals surface area contributed by atoms with Gasteiger partial charge in [-0.2, -0.15) is 0 Å². The Labute approximate surface area is 145 Å². The molecule has 0 aliphatic carbocycles. The molecule has 3 rings (SSSR count). The van der Waals surface area contributed by atoms with E-state index in [0.717, 1.165) is 48.7 Å². The number of hydrogen-bond donors (Lipinski definition) is 0. The largest absolute Gasteiger partial charge is 0.465 e. The first kappa shape index (κ1) is 16.8. The second-order valence-corrected chi connectivity index (χ2v) is 6.36. The number of hydrogen-bond acceptors (Lipinski definition) is 7. The summed E-state index contributed by atoms with van der Waals surface area (Å²) >= 11 is 1.62. The van der Waals surface area contributed by atoms with E-state index in [4.69, 9.17) is 9.47 Å². The van der Waals surface area contributed by atoms with Crippen molar-refractivity contribution in [3.63, 3.8) is 0 Å². The quantitative estimate of drug-likeness (QED) is 0.602. The molecule has 0 radical (unpaired) electrons. The lowest BCUT2D eigenvalue weighted by molar-refractivity contribution is 0.0600. The highest BCUT2D eigenvalue weighted by molar-refractivity contribution is 7.98. The number of esters is 1. The summed E-state index contributed by atoms with van der Waals surface area (Å²) < 4.78 is 12.1. The van der Waals surface area contributed by atoms with E-state index < -0.39 is 0 Å². The van der Waals surface area contributed by atoms with Gasteiger partial charge in [0.25, 0.3) is 0 Å². The number of carbonyl (C=O) groups is 1. The van der Waals surface area contributed by atoms with Crippen molar-refractivity contribution in [2.45, 2.75) is 10.9 Å². The Morgan fingerprint density at radius 1 is 1.25 bits per heavy atom. The number of carbonyl (C=O) groups excluding carboxylic acids is 1. The van der Waals surface area contributed by atoms with Crippen molar-refractivity contribution in [1.82, 2.24) is 14.8 Å². The highest BCUT2D eigenvalue weighted by atomic mass is 32.2. The number of ether oxygens (including phenoxy) is 2. The van der Waals surface area contributed by atoms with Gasteiger partial charge in [-0.05, 0) is 17.7 Å². The molecule has 0 spiro atoms. The Bertz CT molecular complexity index is 696. The summed E-state index contributed by atoms with van der Waals surface area (Å²) in [5, 5.41) is 9.45. The number of morpholine rings is 1. The van der Waals surface area contributed by atoms with E-state index in [1.165, 1.54) is 7.11 Å². The maximum atomic E-state index is 11.4. The Morgan fingerprint density at radius 2 is 1.96 bits per heavy atom. The van der Waals surface area contributed by atoms with Crippen LogP contribution in [0.4, 0.5) is 5.95 Å². The zero-order valence-electron chi connectivity index (χ0n) is 13.8. The molecule has 2 heterocycles. The van der Waals surface area contributed by atoms with Crippen LogP contribution >= 0.6 is 11.8 Å². The number of aromatic nitrogens is 3. The average Bonchev–Trinajstić information content (AvgIpc) is 3.01. The van der Waals surface area contributed by atoms with Crippen molar-refractivity contribution < 1.29 is 14.3 Å². The molecule has 128 valence electrons. The van der Waals surface area contributed by atoms with Gasteiger partial charge in [0, 0.05) is 25.9 Å². The van der Waals surface area contributed by atoms with E-state index in [1.54, 1.807) is 23.9 Å². The summed E-state index contributed by atoms with van der Waals surface area (Å²) in [6.07, 6.45) is 0. The minimum Gasteiger partial charge on any atom is -0.465 e. The molecule has 7 nitrogen and oxygen atoms in total. The number of nitrogens with zero attached hydrogens (tertiary/aromatic N) is 4. The van der Waals surface area contributed by atoms with Gasteiger partial charge in [0.2, 0.25) is 5.95 Å². The summed E-state index contributed by atoms with van der Waals surface area (Å²) in [4.78, 5) is 13.6. The fraction of sp³-hybridized carbons (Fsp3) is 0.438. The van der Waals surface area contributed by atoms with Crippen molar-refractivity contribution in [2.75, 3.05) is 38.3 Å². The first-order chi connectivity index (χ1) is 11.7. The monoisotopic (exact) mass is 348 g/mol. The maximum Gasteiger partial charge on any atom is 0.337 e. The Balaban J connectivity index is 1.62. The van der Waals surface area contributed by atoms with Crippen molar-refractivity contribution >= 4 is 23.7 Å². The molecule has 1 aliphatic heterocycles. The molecule has 1 fully saturated rings. The SMILES string of the molecule is COC(=O)c1ccc(CSc2nnc(N3CCOCC3)n2C)cc1. The van der Waals surface area contributed by atoms with Crippen LogP contribution in [0.25, 0.3) is 0 Å². The topological polar surface area (TPSA) is 69.5 Å². The molecular weight excluding hydrogens is 328 g/mol. The molecule has 0 unspecified atom stereocenters. The lowest BCUT2D eigenvalue weighted by atomic mass is 10.1. The van der Waals surface area contributed by atoms with Crippen molar-refractivity contribution in [3.05, 3.63) is 35.4 Å². The van der Waals surface area contributed by atoms with Crippen LogP contribution in [0.15, 0.2) is 29.4 Å². The third kappa shape index (κ3) is 3.70. The van der Waals surface area contributed by atoms with Gasteiger partial charge >= 0.3 is 5.97 Å². The lowest BCUT2D eigenvalue weighted by Crippen LogP contribution is -2.37. The first-order valence-corrected chi connectivity index (χ1v) is 8.69. The van der Waals surface area contributed by atoms with Crippen LogP contribution in [0.2, 0.25) is 0 Å². The molecule has 1 aromatic heterocycles. The predicted octanol–water partition coefficient (Wildman–Crippen LogP) is 1.73. The third-order valence-electron chi connectivity index (χ3n) is 3.85. The van der Waals surface area contributed by atoms with E-state index in [1.807, 2.05) is 23.7 Å². The molecule has 1 saturated heterocycles. The normalized spacial score (nSPS) is 14.7. The van der Waals surface area contributed by atoms with E-state index in [0.29, 0.717) is 5.56 Å². The lowest BCUT2D eigenvalue weighted by Gasteiger charge is -2.27. The number of anilines is 1. The number of thioether (sulfide) groups is 1. The average molecular weight is 348 g/mol. The molecular formula is C16H20N4O3S. The number of rotatable bonds is 5. The third-order valence-corrected chi connectivity index (χ3v) is 4.94. The summed E-state index contributed by atoms with van der Waals surface area (Å²) in [5.74, 6) is 1.32. The highest BCUT2D eigenvalue weighted by Crippen LogP contribution is 2.24. The smallest absolute Gasteiger partial charge is 0.337 e. The zero-order chi connectivity index (χ0) is 16.9. The van der Waals surface area contributed by atoms with Crippen LogP contribution in [0.1, 0.15) is 15.9 Å². The van der Waals surface area contributed by atoms with Crippen molar-refractivity contribution in [1.29, 1.82) is 0 Å². The standard InChI is InChI=1S/C16H20N4O3S/c1-19-15(20-7-9-23-10-8-20)17-18-16(19)24-11-12-3-5-13(6-4-12)14(21)22-2/h3-6H,7-11H2,1-2H3. The fourth-order valence-electron chi connectivity index (χ4n) is 2.47. The molecule has 1 aromatic carbocycles. The summed E-state index contributed by atoms with van der Waals surface area (Å²) in [6, 6.07) is 7.41. The van der Waals surface area contributed by atoms with Gasteiger partial charge in [0.05, 0.1) is 25.9 Å². The van der Waals surface area contributed by atoms with E-state index in [9.17, 15) is 4.79 Å². The minimum absolute atomic E-state index is 0.322. The van der Waals surface area contributed by atoms with Gasteiger partial charge in [-0.1, -0.05) is 23.9 Å². The van der Waals surface area contributed by atoms with Crippen LogP contribution < -0.4 is 4.90 Å². The molecule has 1 aliphatic rings. The van der Waals surface area contributed by atoms with Gasteiger partial charge in [-0.25, -0.2) is 4.79 Å². The van der Waals surface area contributed by atoms with Gasteiger partial charge < -0.3 is 14.4 Å². The summed E-state index contributed by atoms with van der Waals surface area (Å²) in [5.41, 5.74) is 1.67. The van der Waals surface area contributed by atoms with Crippen molar-refractivity contribution in [2.24, 2.45) is 7.05 Å². The molecule has 8 heteroatoms. The van der Waals surface area contributed by atoms with Crippen molar-refractivity contribution in [3.8, 4) is 0 Å². The predicted molar refractivity (Wildman–Crippen MR) is 91.4 cm³/mol. The molecule has 0 N–H and O–H groups in total. The van der Waals surface area contributed by atoms with Gasteiger partial charge in [0.15, 0.2) is 5.16 Å². The van der Waals surface area contributed by atoms with Crippen LogP contribution in [0.5, 0.6) is 0 Å². The van der Waals surface area contributed by atoms with E-state index in [2.05, 4.69) is 15.1 Å². The minimum atomic E-state index is -0.322. The van der Waals surface area contributed by atoms with E-state index in [-0.39, 0.29) is 5.97 Å². The van der Waals surface area contributed by atoms with Crippen LogP contribution in [0.3, 0.4) is 0 Å². The zero-order valence-corrected chi connectivity index (χ0v) is 14.6.